The quantitative estimate of drug-likeness (QED) is 0.479. The highest BCUT2D eigenvalue weighted by Crippen LogP contribution is 2.08. The Bertz CT molecular complexity index is 224. The first-order valence-corrected chi connectivity index (χ1v) is 3.87. The number of carbonyl (C=O) groups excluding carboxylic acids is 1. The van der Waals surface area contributed by atoms with Crippen LogP contribution in [0, 0.1) is 0 Å². The SMILES string of the molecule is O=C=NCCc1cccs1. The predicted octanol–water partition coefficient (Wildman–Crippen LogP) is 1.63. The van der Waals surface area contributed by atoms with Crippen LogP contribution in [-0.4, -0.2) is 12.6 Å². The molecule has 1 aromatic rings. The third-order valence-electron chi connectivity index (χ3n) is 1.11. The van der Waals surface area contributed by atoms with Gasteiger partial charge in [-0.05, 0) is 11.4 Å². The van der Waals surface area contributed by atoms with Gasteiger partial charge in [-0.25, -0.2) is 9.79 Å². The van der Waals surface area contributed by atoms with Crippen LogP contribution in [0.1, 0.15) is 4.88 Å². The summed E-state index contributed by atoms with van der Waals surface area (Å²) in [4.78, 5) is 14.4. The van der Waals surface area contributed by atoms with Gasteiger partial charge < -0.3 is 0 Å². The lowest BCUT2D eigenvalue weighted by Gasteiger charge is -1.86. The monoisotopic (exact) mass is 153 g/mol. The molecule has 0 unspecified atom stereocenters. The highest BCUT2D eigenvalue weighted by atomic mass is 32.1. The van der Waals surface area contributed by atoms with Crippen LogP contribution < -0.4 is 0 Å². The molecule has 52 valence electrons. The summed E-state index contributed by atoms with van der Waals surface area (Å²) in [6.07, 6.45) is 2.36. The van der Waals surface area contributed by atoms with Gasteiger partial charge in [-0.3, -0.25) is 0 Å². The van der Waals surface area contributed by atoms with E-state index in [4.69, 9.17) is 0 Å². The fourth-order valence-corrected chi connectivity index (χ4v) is 1.36. The lowest BCUT2D eigenvalue weighted by molar-refractivity contribution is 0.563. The second-order valence-corrected chi connectivity index (χ2v) is 2.83. The van der Waals surface area contributed by atoms with Crippen LogP contribution in [0.4, 0.5) is 0 Å². The molecular formula is C7H7NOS. The smallest absolute Gasteiger partial charge is 0.211 e. The van der Waals surface area contributed by atoms with Gasteiger partial charge in [0.25, 0.3) is 0 Å². The van der Waals surface area contributed by atoms with Crippen molar-refractivity contribution in [2.45, 2.75) is 6.42 Å². The normalized spacial score (nSPS) is 8.80. The first-order chi connectivity index (χ1) is 4.93. The summed E-state index contributed by atoms with van der Waals surface area (Å²) in [6, 6.07) is 4.02. The number of aliphatic imine (C=N–C) groups is 1. The van der Waals surface area contributed by atoms with Crippen LogP contribution in [0.15, 0.2) is 22.5 Å². The summed E-state index contributed by atoms with van der Waals surface area (Å²) in [5, 5.41) is 2.01. The van der Waals surface area contributed by atoms with Crippen LogP contribution in [0.2, 0.25) is 0 Å². The third-order valence-corrected chi connectivity index (χ3v) is 2.05. The molecule has 2 nitrogen and oxygen atoms in total. The van der Waals surface area contributed by atoms with Crippen molar-refractivity contribution in [3.05, 3.63) is 22.4 Å². The van der Waals surface area contributed by atoms with Crippen LogP contribution >= 0.6 is 11.3 Å². The molecule has 0 bridgehead atoms. The Kier molecular flexibility index (Phi) is 2.87. The van der Waals surface area contributed by atoms with Gasteiger partial charge in [0.05, 0.1) is 6.54 Å². The number of nitrogens with zero attached hydrogens (tertiary/aromatic N) is 1. The van der Waals surface area contributed by atoms with Crippen molar-refractivity contribution in [2.75, 3.05) is 6.54 Å². The molecule has 0 N–H and O–H groups in total. The van der Waals surface area contributed by atoms with Gasteiger partial charge in [0.2, 0.25) is 6.08 Å². The van der Waals surface area contributed by atoms with Gasteiger partial charge in [-0.15, -0.1) is 11.3 Å². The van der Waals surface area contributed by atoms with Crippen LogP contribution in [0.25, 0.3) is 0 Å². The highest BCUT2D eigenvalue weighted by molar-refractivity contribution is 7.09. The largest absolute Gasteiger partial charge is 0.234 e. The third kappa shape index (κ3) is 2.13. The molecule has 0 saturated heterocycles. The van der Waals surface area contributed by atoms with E-state index < -0.39 is 0 Å². The number of rotatable bonds is 3. The molecule has 0 aromatic carbocycles. The fraction of sp³-hybridized carbons (Fsp3) is 0.286. The number of thiophene rings is 1. The van der Waals surface area contributed by atoms with E-state index in [2.05, 4.69) is 4.99 Å². The minimum Gasteiger partial charge on any atom is -0.211 e. The van der Waals surface area contributed by atoms with Crippen molar-refractivity contribution >= 4 is 17.4 Å². The van der Waals surface area contributed by atoms with Gasteiger partial charge in [0, 0.05) is 11.3 Å². The summed E-state index contributed by atoms with van der Waals surface area (Å²) in [5.41, 5.74) is 0. The molecule has 0 aliphatic carbocycles. The Balaban J connectivity index is 2.34. The van der Waals surface area contributed by atoms with Gasteiger partial charge >= 0.3 is 0 Å². The summed E-state index contributed by atoms with van der Waals surface area (Å²) in [5.74, 6) is 0. The van der Waals surface area contributed by atoms with Crippen molar-refractivity contribution in [2.24, 2.45) is 4.99 Å². The molecule has 3 heteroatoms. The Hall–Kier alpha value is -0.920. The van der Waals surface area contributed by atoms with Gasteiger partial charge in [-0.2, -0.15) is 0 Å². The Morgan fingerprint density at radius 2 is 2.60 bits per heavy atom. The van der Waals surface area contributed by atoms with Crippen molar-refractivity contribution in [3.63, 3.8) is 0 Å². The summed E-state index contributed by atoms with van der Waals surface area (Å²) in [6.45, 7) is 0.560. The summed E-state index contributed by atoms with van der Waals surface area (Å²) < 4.78 is 0. The van der Waals surface area contributed by atoms with Crippen molar-refractivity contribution in [1.29, 1.82) is 0 Å². The van der Waals surface area contributed by atoms with E-state index in [1.165, 1.54) is 11.0 Å². The number of hydrogen-bond donors (Lipinski definition) is 0. The molecule has 1 heterocycles. The van der Waals surface area contributed by atoms with E-state index in [9.17, 15) is 4.79 Å². The average Bonchev–Trinajstić information content (AvgIpc) is 2.41. The van der Waals surface area contributed by atoms with Crippen LogP contribution in [0.5, 0.6) is 0 Å². The lowest BCUT2D eigenvalue weighted by Crippen LogP contribution is -1.83. The second kappa shape index (κ2) is 3.99. The van der Waals surface area contributed by atoms with Crippen molar-refractivity contribution in [1.82, 2.24) is 0 Å². The second-order valence-electron chi connectivity index (χ2n) is 1.80. The topological polar surface area (TPSA) is 29.4 Å². The fourth-order valence-electron chi connectivity index (χ4n) is 0.667. The predicted molar refractivity (Wildman–Crippen MR) is 41.0 cm³/mol. The Morgan fingerprint density at radius 1 is 1.70 bits per heavy atom. The zero-order chi connectivity index (χ0) is 7.23. The molecule has 0 spiro atoms. The van der Waals surface area contributed by atoms with E-state index >= 15 is 0 Å². The van der Waals surface area contributed by atoms with Crippen molar-refractivity contribution in [3.8, 4) is 0 Å². The van der Waals surface area contributed by atoms with E-state index in [0.717, 1.165) is 6.42 Å². The van der Waals surface area contributed by atoms with Crippen molar-refractivity contribution < 1.29 is 4.79 Å². The zero-order valence-electron chi connectivity index (χ0n) is 5.41. The van der Waals surface area contributed by atoms with Gasteiger partial charge in [0.1, 0.15) is 0 Å². The molecule has 0 aliphatic rings. The van der Waals surface area contributed by atoms with Crippen LogP contribution in [0.3, 0.4) is 0 Å². The lowest BCUT2D eigenvalue weighted by atomic mass is 10.3. The summed E-state index contributed by atoms with van der Waals surface area (Å²) >= 11 is 1.68. The van der Waals surface area contributed by atoms with E-state index in [1.807, 2.05) is 17.5 Å². The minimum absolute atomic E-state index is 0.560. The molecule has 1 aromatic heterocycles. The van der Waals surface area contributed by atoms with E-state index in [-0.39, 0.29) is 0 Å². The number of hydrogen-bond acceptors (Lipinski definition) is 3. The minimum atomic E-state index is 0.560. The Morgan fingerprint density at radius 3 is 3.20 bits per heavy atom. The maximum Gasteiger partial charge on any atom is 0.234 e. The first kappa shape index (κ1) is 7.19. The first-order valence-electron chi connectivity index (χ1n) is 2.99. The Labute approximate surface area is 63.2 Å². The molecule has 0 fully saturated rings. The molecule has 0 aliphatic heterocycles. The average molecular weight is 153 g/mol. The highest BCUT2D eigenvalue weighted by Gasteiger charge is 1.89. The van der Waals surface area contributed by atoms with Gasteiger partial charge in [-0.1, -0.05) is 6.07 Å². The zero-order valence-corrected chi connectivity index (χ0v) is 6.23. The van der Waals surface area contributed by atoms with Crippen LogP contribution in [-0.2, 0) is 11.2 Å². The molecule has 0 amide bonds. The molecule has 0 atom stereocenters. The summed E-state index contributed by atoms with van der Waals surface area (Å²) in [7, 11) is 0. The maximum absolute atomic E-state index is 9.65. The molecule has 0 radical (unpaired) electrons. The van der Waals surface area contributed by atoms with E-state index in [0.29, 0.717) is 6.54 Å². The molecule has 0 saturated carbocycles. The van der Waals surface area contributed by atoms with E-state index in [1.54, 1.807) is 11.3 Å². The molecule has 10 heavy (non-hydrogen) atoms. The van der Waals surface area contributed by atoms with Gasteiger partial charge in [0.15, 0.2) is 0 Å². The standard InChI is InChI=1S/C7H7NOS/c9-6-8-4-3-7-2-1-5-10-7/h1-2,5H,3-4H2. The molecular weight excluding hydrogens is 146 g/mol. The molecule has 1 rings (SSSR count). The maximum atomic E-state index is 9.65. The number of isocyanates is 1.